The number of nitrogens with zero attached hydrogens (tertiary/aromatic N) is 4. The Hall–Kier alpha value is -3.11. The molecule has 3 rings (SSSR count). The predicted molar refractivity (Wildman–Crippen MR) is 118 cm³/mol. The van der Waals surface area contributed by atoms with Crippen molar-refractivity contribution in [2.45, 2.75) is 51.0 Å². The van der Waals surface area contributed by atoms with Gasteiger partial charge >= 0.3 is 0 Å². The third-order valence-corrected chi connectivity index (χ3v) is 5.95. The lowest BCUT2D eigenvalue weighted by atomic mass is 9.92. The van der Waals surface area contributed by atoms with E-state index in [4.69, 9.17) is 0 Å². The molecule has 0 aliphatic rings. The highest BCUT2D eigenvalue weighted by atomic mass is 32.2. The number of nitrogens with one attached hydrogen (secondary N) is 2. The zero-order valence-corrected chi connectivity index (χ0v) is 18.9. The Labute approximate surface area is 182 Å². The number of aromatic nitrogens is 4. The summed E-state index contributed by atoms with van der Waals surface area (Å²) in [6, 6.07) is 8.98. The molecule has 1 amide bonds. The van der Waals surface area contributed by atoms with Gasteiger partial charge in [0.05, 0.1) is 10.6 Å². The molecule has 0 aliphatic heterocycles. The standard InChI is InChI=1S/C21H26N6O3S/c1-14(2)26-31(29,30)16-9-7-15(8-10-16)19(28)24-18-13-17(21(3,4)5)25-27(18)20-22-11-6-12-23-20/h6-14,26H,1-5H3,(H,24,28). The van der Waals surface area contributed by atoms with E-state index in [1.807, 2.05) is 20.8 Å². The SMILES string of the molecule is CC(C)NS(=O)(=O)c1ccc(C(=O)Nc2cc(C(C)(C)C)nn2-c2ncccn2)cc1. The van der Waals surface area contributed by atoms with Gasteiger partial charge in [-0.25, -0.2) is 23.1 Å². The van der Waals surface area contributed by atoms with Gasteiger partial charge in [-0.05, 0) is 44.2 Å². The molecule has 2 aromatic heterocycles. The van der Waals surface area contributed by atoms with Gasteiger partial charge in [-0.15, -0.1) is 0 Å². The molecule has 0 saturated heterocycles. The molecule has 1 aromatic carbocycles. The Morgan fingerprint density at radius 2 is 1.68 bits per heavy atom. The Balaban J connectivity index is 1.89. The third kappa shape index (κ3) is 5.33. The number of benzene rings is 1. The summed E-state index contributed by atoms with van der Waals surface area (Å²) in [6.07, 6.45) is 3.19. The van der Waals surface area contributed by atoms with E-state index in [2.05, 4.69) is 25.1 Å². The topological polar surface area (TPSA) is 119 Å². The van der Waals surface area contributed by atoms with Gasteiger partial charge in [0.25, 0.3) is 11.9 Å². The summed E-state index contributed by atoms with van der Waals surface area (Å²) in [5.74, 6) is 0.340. The van der Waals surface area contributed by atoms with Crippen LogP contribution in [0.2, 0.25) is 0 Å². The second-order valence-electron chi connectivity index (χ2n) is 8.38. The van der Waals surface area contributed by atoms with Gasteiger partial charge in [0, 0.05) is 35.5 Å². The average Bonchev–Trinajstić information content (AvgIpc) is 3.12. The Morgan fingerprint density at radius 3 is 2.23 bits per heavy atom. The molecule has 0 aliphatic carbocycles. The van der Waals surface area contributed by atoms with Gasteiger partial charge < -0.3 is 5.32 Å². The van der Waals surface area contributed by atoms with Crippen molar-refractivity contribution in [3.05, 3.63) is 60.0 Å². The minimum absolute atomic E-state index is 0.0931. The predicted octanol–water partition coefficient (Wildman–Crippen LogP) is 2.90. The second-order valence-corrected chi connectivity index (χ2v) is 10.1. The summed E-state index contributed by atoms with van der Waals surface area (Å²) < 4.78 is 28.5. The number of hydrogen-bond donors (Lipinski definition) is 2. The van der Waals surface area contributed by atoms with Crippen LogP contribution >= 0.6 is 0 Å². The van der Waals surface area contributed by atoms with E-state index in [1.165, 1.54) is 28.9 Å². The highest BCUT2D eigenvalue weighted by Crippen LogP contribution is 2.25. The molecule has 31 heavy (non-hydrogen) atoms. The largest absolute Gasteiger partial charge is 0.306 e. The van der Waals surface area contributed by atoms with Gasteiger partial charge in [0.1, 0.15) is 5.82 Å². The van der Waals surface area contributed by atoms with Crippen LogP contribution in [0.25, 0.3) is 5.95 Å². The van der Waals surface area contributed by atoms with Crippen molar-refractivity contribution in [3.63, 3.8) is 0 Å². The fraction of sp³-hybridized carbons (Fsp3) is 0.333. The number of anilines is 1. The number of hydrogen-bond acceptors (Lipinski definition) is 6. The quantitative estimate of drug-likeness (QED) is 0.606. The van der Waals surface area contributed by atoms with E-state index < -0.39 is 15.9 Å². The summed E-state index contributed by atoms with van der Waals surface area (Å²) in [6.45, 7) is 9.53. The summed E-state index contributed by atoms with van der Waals surface area (Å²) >= 11 is 0. The van der Waals surface area contributed by atoms with Crippen LogP contribution < -0.4 is 10.0 Å². The van der Waals surface area contributed by atoms with E-state index in [0.717, 1.165) is 5.69 Å². The van der Waals surface area contributed by atoms with Crippen molar-refractivity contribution in [1.82, 2.24) is 24.5 Å². The van der Waals surface area contributed by atoms with E-state index in [0.29, 0.717) is 17.3 Å². The zero-order chi connectivity index (χ0) is 22.8. The monoisotopic (exact) mass is 442 g/mol. The Bertz CT molecular complexity index is 1160. The lowest BCUT2D eigenvalue weighted by molar-refractivity contribution is 0.102. The molecule has 0 spiro atoms. The van der Waals surface area contributed by atoms with Gasteiger partial charge in [-0.3, -0.25) is 4.79 Å². The van der Waals surface area contributed by atoms with Crippen molar-refractivity contribution in [3.8, 4) is 5.95 Å². The fourth-order valence-electron chi connectivity index (χ4n) is 2.74. The van der Waals surface area contributed by atoms with Crippen molar-refractivity contribution in [1.29, 1.82) is 0 Å². The molecule has 0 bridgehead atoms. The van der Waals surface area contributed by atoms with Crippen molar-refractivity contribution < 1.29 is 13.2 Å². The number of rotatable bonds is 6. The summed E-state index contributed by atoms with van der Waals surface area (Å²) in [5, 5.41) is 7.39. The molecule has 0 saturated carbocycles. The first-order valence-electron chi connectivity index (χ1n) is 9.79. The van der Waals surface area contributed by atoms with Crippen LogP contribution in [0, 0.1) is 0 Å². The van der Waals surface area contributed by atoms with E-state index >= 15 is 0 Å². The third-order valence-electron chi connectivity index (χ3n) is 4.28. The molecule has 164 valence electrons. The van der Waals surface area contributed by atoms with Crippen molar-refractivity contribution in [2.75, 3.05) is 5.32 Å². The van der Waals surface area contributed by atoms with Crippen LogP contribution in [0.5, 0.6) is 0 Å². The maximum absolute atomic E-state index is 12.8. The Kier molecular flexibility index (Phi) is 6.23. The molecular weight excluding hydrogens is 416 g/mol. The van der Waals surface area contributed by atoms with Gasteiger partial charge in [0.15, 0.2) is 0 Å². The molecule has 3 aromatic rings. The van der Waals surface area contributed by atoms with Crippen LogP contribution in [0.4, 0.5) is 5.82 Å². The maximum atomic E-state index is 12.8. The first-order chi connectivity index (χ1) is 14.5. The molecular formula is C21H26N6O3S. The molecule has 0 atom stereocenters. The molecule has 0 unspecified atom stereocenters. The number of carbonyl (C=O) groups is 1. The van der Waals surface area contributed by atoms with Crippen molar-refractivity contribution >= 4 is 21.7 Å². The highest BCUT2D eigenvalue weighted by molar-refractivity contribution is 7.89. The van der Waals surface area contributed by atoms with Crippen LogP contribution in [-0.2, 0) is 15.4 Å². The van der Waals surface area contributed by atoms with Crippen LogP contribution in [0.1, 0.15) is 50.7 Å². The number of carbonyl (C=O) groups excluding carboxylic acids is 1. The molecule has 0 fully saturated rings. The van der Waals surface area contributed by atoms with Gasteiger partial charge in [0.2, 0.25) is 10.0 Å². The first-order valence-corrected chi connectivity index (χ1v) is 11.3. The molecule has 0 radical (unpaired) electrons. The van der Waals surface area contributed by atoms with Gasteiger partial charge in [-0.2, -0.15) is 9.78 Å². The zero-order valence-electron chi connectivity index (χ0n) is 18.1. The van der Waals surface area contributed by atoms with Crippen molar-refractivity contribution in [2.24, 2.45) is 0 Å². The molecule has 2 heterocycles. The molecule has 2 N–H and O–H groups in total. The van der Waals surface area contributed by atoms with E-state index in [9.17, 15) is 13.2 Å². The first kappa shape index (κ1) is 22.6. The minimum atomic E-state index is -3.63. The fourth-order valence-corrected chi connectivity index (χ4v) is 3.99. The summed E-state index contributed by atoms with van der Waals surface area (Å²) in [5.41, 5.74) is 0.817. The smallest absolute Gasteiger partial charge is 0.256 e. The van der Waals surface area contributed by atoms with Crippen LogP contribution in [0.15, 0.2) is 53.7 Å². The molecule has 10 heteroatoms. The Morgan fingerprint density at radius 1 is 1.06 bits per heavy atom. The lowest BCUT2D eigenvalue weighted by Crippen LogP contribution is -2.30. The van der Waals surface area contributed by atoms with Crippen LogP contribution in [-0.4, -0.2) is 40.1 Å². The summed E-state index contributed by atoms with van der Waals surface area (Å²) in [7, 11) is -3.63. The van der Waals surface area contributed by atoms with E-state index in [-0.39, 0.29) is 16.4 Å². The normalized spacial score (nSPS) is 12.2. The summed E-state index contributed by atoms with van der Waals surface area (Å²) in [4.78, 5) is 21.4. The number of amides is 1. The van der Waals surface area contributed by atoms with E-state index in [1.54, 1.807) is 38.4 Å². The van der Waals surface area contributed by atoms with Gasteiger partial charge in [-0.1, -0.05) is 20.8 Å². The highest BCUT2D eigenvalue weighted by Gasteiger charge is 2.23. The number of sulfonamides is 1. The van der Waals surface area contributed by atoms with Crippen LogP contribution in [0.3, 0.4) is 0 Å². The lowest BCUT2D eigenvalue weighted by Gasteiger charge is -2.13. The maximum Gasteiger partial charge on any atom is 0.256 e. The minimum Gasteiger partial charge on any atom is -0.306 e. The average molecular weight is 443 g/mol. The second kappa shape index (κ2) is 8.56. The molecule has 9 nitrogen and oxygen atoms in total.